The molecule has 0 spiro atoms. The molecule has 0 atom stereocenters. The highest BCUT2D eigenvalue weighted by Crippen LogP contribution is 2.23. The average Bonchev–Trinajstić information content (AvgIpc) is 2.51. The van der Waals surface area contributed by atoms with Gasteiger partial charge in [0.05, 0.1) is 0 Å². The molecule has 1 saturated heterocycles. The third-order valence-electron chi connectivity index (χ3n) is 3.88. The number of halogens is 1. The number of benzene rings is 1. The van der Waals surface area contributed by atoms with Crippen molar-refractivity contribution in [3.63, 3.8) is 0 Å². The van der Waals surface area contributed by atoms with E-state index in [1.807, 2.05) is 18.3 Å². The Labute approximate surface area is 139 Å². The Morgan fingerprint density at radius 3 is 2.64 bits per heavy atom. The van der Waals surface area contributed by atoms with Crippen molar-refractivity contribution < 1.29 is 0 Å². The van der Waals surface area contributed by atoms with E-state index in [9.17, 15) is 0 Å². The van der Waals surface area contributed by atoms with Crippen LogP contribution in [-0.2, 0) is 0 Å². The molecule has 0 unspecified atom stereocenters. The van der Waals surface area contributed by atoms with E-state index in [1.165, 1.54) is 5.56 Å². The molecule has 0 saturated carbocycles. The molecule has 1 aromatic heterocycles. The highest BCUT2D eigenvalue weighted by Gasteiger charge is 2.16. The summed E-state index contributed by atoms with van der Waals surface area (Å²) >= 11 is 3.49. The van der Waals surface area contributed by atoms with Gasteiger partial charge in [0.15, 0.2) is 0 Å². The molecule has 0 radical (unpaired) electrons. The molecule has 1 aromatic carbocycles. The summed E-state index contributed by atoms with van der Waals surface area (Å²) in [5.41, 5.74) is 2.24. The Morgan fingerprint density at radius 1 is 1.14 bits per heavy atom. The summed E-state index contributed by atoms with van der Waals surface area (Å²) in [4.78, 5) is 13.6. The Kier molecular flexibility index (Phi) is 4.59. The van der Waals surface area contributed by atoms with Gasteiger partial charge in [-0.1, -0.05) is 15.9 Å². The third kappa shape index (κ3) is 3.56. The molecule has 5 nitrogen and oxygen atoms in total. The number of anilines is 3. The van der Waals surface area contributed by atoms with Crippen LogP contribution in [0, 0.1) is 6.92 Å². The lowest BCUT2D eigenvalue weighted by atomic mass is 10.2. The first-order valence-corrected chi connectivity index (χ1v) is 8.21. The minimum atomic E-state index is 0.799. The van der Waals surface area contributed by atoms with Crippen LogP contribution < -0.4 is 10.2 Å². The molecular weight excluding hydrogens is 342 g/mol. The molecule has 6 heteroatoms. The maximum atomic E-state index is 4.65. The van der Waals surface area contributed by atoms with E-state index < -0.39 is 0 Å². The van der Waals surface area contributed by atoms with E-state index >= 15 is 0 Å². The maximum Gasteiger partial charge on any atom is 0.227 e. The van der Waals surface area contributed by atoms with Crippen LogP contribution in [0.1, 0.15) is 5.56 Å². The van der Waals surface area contributed by atoms with E-state index in [1.54, 1.807) is 0 Å². The number of hydrogen-bond acceptors (Lipinski definition) is 5. The van der Waals surface area contributed by atoms with Gasteiger partial charge in [-0.05, 0) is 43.8 Å². The number of nitrogens with one attached hydrogen (secondary N) is 1. The molecular formula is C16H20BrN5. The van der Waals surface area contributed by atoms with E-state index in [-0.39, 0.29) is 0 Å². The van der Waals surface area contributed by atoms with Crippen molar-refractivity contribution in [1.82, 2.24) is 14.9 Å². The number of aromatic nitrogens is 2. The van der Waals surface area contributed by atoms with Gasteiger partial charge in [0, 0.05) is 42.5 Å². The maximum absolute atomic E-state index is 4.65. The van der Waals surface area contributed by atoms with Crippen LogP contribution in [0.4, 0.5) is 17.5 Å². The van der Waals surface area contributed by atoms with Crippen molar-refractivity contribution >= 4 is 33.4 Å². The molecule has 1 N–H and O–H groups in total. The summed E-state index contributed by atoms with van der Waals surface area (Å²) in [6.45, 7) is 6.11. The van der Waals surface area contributed by atoms with Crippen LogP contribution >= 0.6 is 15.9 Å². The van der Waals surface area contributed by atoms with E-state index in [4.69, 9.17) is 0 Å². The van der Waals surface area contributed by atoms with E-state index in [2.05, 4.69) is 67.1 Å². The number of nitrogens with zero attached hydrogens (tertiary/aromatic N) is 4. The lowest BCUT2D eigenvalue weighted by Gasteiger charge is -2.32. The number of aryl methyl sites for hydroxylation is 1. The molecule has 22 heavy (non-hydrogen) atoms. The van der Waals surface area contributed by atoms with E-state index in [0.717, 1.165) is 48.1 Å². The van der Waals surface area contributed by atoms with Crippen molar-refractivity contribution in [3.8, 4) is 0 Å². The zero-order valence-corrected chi connectivity index (χ0v) is 14.5. The standard InChI is InChI=1S/C16H20BrN5/c1-12-11-13(17)3-4-14(12)19-15-5-6-18-16(20-15)22-9-7-21(2)8-10-22/h3-6,11H,7-10H2,1-2H3,(H,18,19,20). The topological polar surface area (TPSA) is 44.3 Å². The SMILES string of the molecule is Cc1cc(Br)ccc1Nc1ccnc(N2CCN(C)CC2)n1. The summed E-state index contributed by atoms with van der Waals surface area (Å²) in [6.07, 6.45) is 1.82. The fourth-order valence-electron chi connectivity index (χ4n) is 2.48. The second-order valence-corrected chi connectivity index (χ2v) is 6.53. The Morgan fingerprint density at radius 2 is 1.91 bits per heavy atom. The van der Waals surface area contributed by atoms with Gasteiger partial charge in [-0.2, -0.15) is 4.98 Å². The molecule has 0 amide bonds. The smallest absolute Gasteiger partial charge is 0.227 e. The lowest BCUT2D eigenvalue weighted by Crippen LogP contribution is -2.45. The second kappa shape index (κ2) is 6.62. The molecule has 116 valence electrons. The fraction of sp³-hybridized carbons (Fsp3) is 0.375. The molecule has 2 heterocycles. The van der Waals surface area contributed by atoms with Gasteiger partial charge in [0.2, 0.25) is 5.95 Å². The monoisotopic (exact) mass is 361 g/mol. The zero-order valence-electron chi connectivity index (χ0n) is 12.9. The zero-order chi connectivity index (χ0) is 15.5. The summed E-state index contributed by atoms with van der Waals surface area (Å²) in [5, 5.41) is 3.38. The van der Waals surface area contributed by atoms with Crippen LogP contribution in [-0.4, -0.2) is 48.1 Å². The predicted molar refractivity (Wildman–Crippen MR) is 93.9 cm³/mol. The van der Waals surface area contributed by atoms with Gasteiger partial charge in [-0.25, -0.2) is 4.98 Å². The van der Waals surface area contributed by atoms with Gasteiger partial charge in [-0.15, -0.1) is 0 Å². The normalized spacial score (nSPS) is 15.9. The first kappa shape index (κ1) is 15.2. The van der Waals surface area contributed by atoms with E-state index in [0.29, 0.717) is 0 Å². The molecule has 3 rings (SSSR count). The number of rotatable bonds is 3. The van der Waals surface area contributed by atoms with Crippen molar-refractivity contribution in [3.05, 3.63) is 40.5 Å². The number of hydrogen-bond donors (Lipinski definition) is 1. The molecule has 0 bridgehead atoms. The van der Waals surface area contributed by atoms with Crippen LogP contribution in [0.3, 0.4) is 0 Å². The van der Waals surface area contributed by atoms with Crippen LogP contribution in [0.2, 0.25) is 0 Å². The second-order valence-electron chi connectivity index (χ2n) is 5.62. The van der Waals surface area contributed by atoms with Crippen molar-refractivity contribution in [2.45, 2.75) is 6.92 Å². The minimum absolute atomic E-state index is 0.799. The quantitative estimate of drug-likeness (QED) is 0.909. The predicted octanol–water partition coefficient (Wildman–Crippen LogP) is 3.04. The first-order chi connectivity index (χ1) is 10.6. The van der Waals surface area contributed by atoms with Gasteiger partial charge in [-0.3, -0.25) is 0 Å². The fourth-order valence-corrected chi connectivity index (χ4v) is 2.96. The average molecular weight is 362 g/mol. The lowest BCUT2D eigenvalue weighted by molar-refractivity contribution is 0.311. The largest absolute Gasteiger partial charge is 0.340 e. The van der Waals surface area contributed by atoms with Gasteiger partial charge < -0.3 is 15.1 Å². The van der Waals surface area contributed by atoms with Crippen molar-refractivity contribution in [2.75, 3.05) is 43.4 Å². The van der Waals surface area contributed by atoms with Gasteiger partial charge in [0.25, 0.3) is 0 Å². The molecule has 2 aromatic rings. The van der Waals surface area contributed by atoms with Gasteiger partial charge in [0.1, 0.15) is 5.82 Å². The molecule has 1 aliphatic rings. The summed E-state index contributed by atoms with van der Waals surface area (Å²) in [6, 6.07) is 8.07. The molecule has 1 aliphatic heterocycles. The van der Waals surface area contributed by atoms with Crippen molar-refractivity contribution in [2.24, 2.45) is 0 Å². The first-order valence-electron chi connectivity index (χ1n) is 7.41. The number of piperazine rings is 1. The van der Waals surface area contributed by atoms with Crippen LogP contribution in [0.15, 0.2) is 34.9 Å². The van der Waals surface area contributed by atoms with Crippen LogP contribution in [0.25, 0.3) is 0 Å². The Balaban J connectivity index is 1.76. The summed E-state index contributed by atoms with van der Waals surface area (Å²) < 4.78 is 1.08. The number of likely N-dealkylation sites (N-methyl/N-ethyl adjacent to an activating group) is 1. The highest BCUT2D eigenvalue weighted by atomic mass is 79.9. The van der Waals surface area contributed by atoms with Gasteiger partial charge >= 0.3 is 0 Å². The van der Waals surface area contributed by atoms with Crippen molar-refractivity contribution in [1.29, 1.82) is 0 Å². The third-order valence-corrected chi connectivity index (χ3v) is 4.37. The molecule has 1 fully saturated rings. The minimum Gasteiger partial charge on any atom is -0.340 e. The Bertz CT molecular complexity index is 653. The van der Waals surface area contributed by atoms with Crippen LogP contribution in [0.5, 0.6) is 0 Å². The summed E-state index contributed by atoms with van der Waals surface area (Å²) in [5.74, 6) is 1.63. The molecule has 0 aliphatic carbocycles. The Hall–Kier alpha value is -1.66. The highest BCUT2D eigenvalue weighted by molar-refractivity contribution is 9.10. The summed E-state index contributed by atoms with van der Waals surface area (Å²) in [7, 11) is 2.15.